The van der Waals surface area contributed by atoms with E-state index in [1.54, 1.807) is 49.5 Å². The maximum atomic E-state index is 13.6. The van der Waals surface area contributed by atoms with Crippen LogP contribution in [0.25, 0.3) is 11.1 Å². The Morgan fingerprint density at radius 3 is 2.20 bits per heavy atom. The zero-order valence-corrected chi connectivity index (χ0v) is 21.1. The van der Waals surface area contributed by atoms with Crippen molar-refractivity contribution in [2.45, 2.75) is 6.18 Å². The van der Waals surface area contributed by atoms with Crippen molar-refractivity contribution < 1.29 is 22.8 Å². The molecule has 0 aliphatic rings. The van der Waals surface area contributed by atoms with Gasteiger partial charge in [-0.05, 0) is 65.7 Å². The van der Waals surface area contributed by atoms with Crippen molar-refractivity contribution in [2.75, 3.05) is 17.7 Å². The first-order valence-electron chi connectivity index (χ1n) is 11.9. The van der Waals surface area contributed by atoms with Crippen LogP contribution in [0.4, 0.5) is 24.7 Å². The lowest BCUT2D eigenvalue weighted by Gasteiger charge is -2.15. The summed E-state index contributed by atoms with van der Waals surface area (Å²) in [6.07, 6.45) is -0.181. The monoisotopic (exact) mass is 544 g/mol. The van der Waals surface area contributed by atoms with Gasteiger partial charge in [0.2, 0.25) is 0 Å². The maximum Gasteiger partial charge on any atom is 0.431 e. The number of pyridine rings is 2. The van der Waals surface area contributed by atoms with Crippen LogP contribution in [0.15, 0.2) is 103 Å². The van der Waals surface area contributed by atoms with Crippen LogP contribution in [0, 0.1) is 5.41 Å². The van der Waals surface area contributed by atoms with Gasteiger partial charge in [-0.25, -0.2) is 4.98 Å². The van der Waals surface area contributed by atoms with E-state index in [2.05, 4.69) is 25.9 Å². The second-order valence-electron chi connectivity index (χ2n) is 8.46. The SMILES string of the molecule is CNC(=O)c1ccc(-c2cccc(C(=O)Nc3ccc(N/C(=C\C(=N)c4cccnc4)C(F)(F)F)cn3)c2)cc1. The Kier molecular flexibility index (Phi) is 8.33. The van der Waals surface area contributed by atoms with Crippen molar-refractivity contribution in [3.8, 4) is 11.1 Å². The Hall–Kier alpha value is -5.32. The fraction of sp³-hybridized carbons (Fsp3) is 0.0690. The summed E-state index contributed by atoms with van der Waals surface area (Å²) in [6, 6.07) is 19.5. The molecule has 4 rings (SSSR count). The molecule has 0 aliphatic heterocycles. The van der Waals surface area contributed by atoms with Crippen molar-refractivity contribution >= 4 is 29.0 Å². The van der Waals surface area contributed by atoms with Gasteiger partial charge in [0.15, 0.2) is 0 Å². The molecule has 0 saturated carbocycles. The largest absolute Gasteiger partial charge is 0.431 e. The average Bonchev–Trinajstić information content (AvgIpc) is 2.97. The summed E-state index contributed by atoms with van der Waals surface area (Å²) >= 11 is 0. The van der Waals surface area contributed by atoms with Gasteiger partial charge in [-0.1, -0.05) is 24.3 Å². The first-order chi connectivity index (χ1) is 19.1. The van der Waals surface area contributed by atoms with E-state index in [-0.39, 0.29) is 28.7 Å². The molecule has 2 aromatic heterocycles. The zero-order valence-electron chi connectivity index (χ0n) is 21.1. The molecule has 11 heteroatoms. The molecule has 0 unspecified atom stereocenters. The number of nitrogens with one attached hydrogen (secondary N) is 4. The molecule has 2 heterocycles. The maximum absolute atomic E-state index is 13.6. The summed E-state index contributed by atoms with van der Waals surface area (Å²) in [5.41, 5.74) is 1.14. The highest BCUT2D eigenvalue weighted by Crippen LogP contribution is 2.28. The number of aromatic nitrogens is 2. The minimum atomic E-state index is -4.75. The Labute approximate surface area is 227 Å². The number of alkyl halides is 3. The number of hydrogen-bond acceptors (Lipinski definition) is 6. The predicted molar refractivity (Wildman–Crippen MR) is 146 cm³/mol. The number of hydrogen-bond donors (Lipinski definition) is 4. The van der Waals surface area contributed by atoms with Crippen molar-refractivity contribution in [1.82, 2.24) is 15.3 Å². The summed E-state index contributed by atoms with van der Waals surface area (Å²) in [6.45, 7) is 0. The van der Waals surface area contributed by atoms with E-state index in [1.165, 1.54) is 36.7 Å². The van der Waals surface area contributed by atoms with Gasteiger partial charge in [-0.2, -0.15) is 13.2 Å². The van der Waals surface area contributed by atoms with Crippen LogP contribution in [0.3, 0.4) is 0 Å². The Morgan fingerprint density at radius 2 is 1.57 bits per heavy atom. The third-order valence-corrected chi connectivity index (χ3v) is 5.68. The number of amides is 2. The molecular weight excluding hydrogens is 521 g/mol. The molecule has 0 fully saturated rings. The van der Waals surface area contributed by atoms with Crippen LogP contribution in [0.2, 0.25) is 0 Å². The molecule has 8 nitrogen and oxygen atoms in total. The van der Waals surface area contributed by atoms with Gasteiger partial charge >= 0.3 is 6.18 Å². The molecule has 4 N–H and O–H groups in total. The predicted octanol–water partition coefficient (Wildman–Crippen LogP) is 5.68. The second kappa shape index (κ2) is 12.0. The van der Waals surface area contributed by atoms with Crippen LogP contribution in [0.1, 0.15) is 26.3 Å². The topological polar surface area (TPSA) is 120 Å². The van der Waals surface area contributed by atoms with E-state index in [1.807, 2.05) is 6.07 Å². The minimum absolute atomic E-state index is 0.0164. The Morgan fingerprint density at radius 1 is 0.825 bits per heavy atom. The first-order valence-corrected chi connectivity index (χ1v) is 11.9. The minimum Gasteiger partial charge on any atom is -0.355 e. The van der Waals surface area contributed by atoms with Crippen LogP contribution >= 0.6 is 0 Å². The van der Waals surface area contributed by atoms with Crippen molar-refractivity contribution in [1.29, 1.82) is 5.41 Å². The number of allylic oxidation sites excluding steroid dienone is 2. The fourth-order valence-corrected chi connectivity index (χ4v) is 3.62. The van der Waals surface area contributed by atoms with E-state index in [0.717, 1.165) is 17.3 Å². The number of carbonyl (C=O) groups is 2. The fourth-order valence-electron chi connectivity index (χ4n) is 3.62. The molecule has 0 spiro atoms. The lowest BCUT2D eigenvalue weighted by molar-refractivity contribution is -0.0901. The Bertz CT molecular complexity index is 1550. The molecule has 0 radical (unpaired) electrons. The molecule has 0 saturated heterocycles. The summed E-state index contributed by atoms with van der Waals surface area (Å²) in [4.78, 5) is 32.4. The van der Waals surface area contributed by atoms with Crippen molar-refractivity contribution in [3.05, 3.63) is 120 Å². The highest BCUT2D eigenvalue weighted by Gasteiger charge is 2.34. The highest BCUT2D eigenvalue weighted by molar-refractivity contribution is 6.07. The van der Waals surface area contributed by atoms with Gasteiger partial charge in [0.1, 0.15) is 11.5 Å². The zero-order chi connectivity index (χ0) is 28.7. The normalized spacial score (nSPS) is 11.4. The van der Waals surface area contributed by atoms with Gasteiger partial charge in [0.25, 0.3) is 11.8 Å². The molecule has 0 aliphatic carbocycles. The van der Waals surface area contributed by atoms with Gasteiger partial charge in [0, 0.05) is 36.1 Å². The summed E-state index contributed by atoms with van der Waals surface area (Å²) in [7, 11) is 1.55. The number of nitrogens with zero attached hydrogens (tertiary/aromatic N) is 2. The molecule has 40 heavy (non-hydrogen) atoms. The van der Waals surface area contributed by atoms with E-state index >= 15 is 0 Å². The quantitative estimate of drug-likeness (QED) is 0.213. The van der Waals surface area contributed by atoms with E-state index < -0.39 is 17.8 Å². The number of halogens is 3. The lowest BCUT2D eigenvalue weighted by atomic mass is 10.0. The van der Waals surface area contributed by atoms with Gasteiger partial charge in [-0.3, -0.25) is 14.6 Å². The third kappa shape index (κ3) is 6.95. The van der Waals surface area contributed by atoms with Crippen LogP contribution in [0.5, 0.6) is 0 Å². The number of rotatable bonds is 8. The molecule has 202 valence electrons. The average molecular weight is 545 g/mol. The summed E-state index contributed by atoms with van der Waals surface area (Å²) < 4.78 is 40.8. The molecule has 2 amide bonds. The molecule has 2 aromatic carbocycles. The highest BCUT2D eigenvalue weighted by atomic mass is 19.4. The number of benzene rings is 2. The molecular formula is C29H23F3N6O2. The van der Waals surface area contributed by atoms with Gasteiger partial charge in [0.05, 0.1) is 17.6 Å². The summed E-state index contributed by atoms with van der Waals surface area (Å²) in [5, 5.41) is 15.4. The number of carbonyl (C=O) groups excluding carboxylic acids is 2. The van der Waals surface area contributed by atoms with Crippen molar-refractivity contribution in [3.63, 3.8) is 0 Å². The van der Waals surface area contributed by atoms with Crippen LogP contribution in [-0.2, 0) is 0 Å². The molecule has 0 atom stereocenters. The van der Waals surface area contributed by atoms with Crippen LogP contribution < -0.4 is 16.0 Å². The summed E-state index contributed by atoms with van der Waals surface area (Å²) in [5.74, 6) is -0.530. The van der Waals surface area contributed by atoms with E-state index in [4.69, 9.17) is 5.41 Å². The van der Waals surface area contributed by atoms with Gasteiger partial charge < -0.3 is 21.4 Å². The smallest absolute Gasteiger partial charge is 0.355 e. The van der Waals surface area contributed by atoms with E-state index in [0.29, 0.717) is 17.2 Å². The van der Waals surface area contributed by atoms with Crippen LogP contribution in [-0.4, -0.2) is 40.7 Å². The lowest BCUT2D eigenvalue weighted by Crippen LogP contribution is -2.21. The number of anilines is 2. The Balaban J connectivity index is 1.45. The van der Waals surface area contributed by atoms with E-state index in [9.17, 15) is 22.8 Å². The first kappa shape index (κ1) is 27.7. The molecule has 0 bridgehead atoms. The van der Waals surface area contributed by atoms with Gasteiger partial charge in [-0.15, -0.1) is 0 Å². The molecule has 4 aromatic rings. The third-order valence-electron chi connectivity index (χ3n) is 5.68. The second-order valence-corrected chi connectivity index (χ2v) is 8.46. The standard InChI is InChI=1S/C29H23F3N6O2/c1-34-27(39)19-9-7-18(8-10-19)20-4-2-5-21(14-20)28(40)38-26-12-11-23(17-36-26)37-25(29(30,31)32)15-24(33)22-6-3-13-35-16-22/h2-17,33,37H,1H3,(H,34,39)(H,36,38,40)/b25-15-,33-24?. The van der Waals surface area contributed by atoms with Crippen molar-refractivity contribution in [2.24, 2.45) is 0 Å².